The van der Waals surface area contributed by atoms with Crippen LogP contribution < -0.4 is 9.47 Å². The molecule has 0 fully saturated rings. The molecule has 0 spiro atoms. The molecule has 2 rings (SSSR count). The molecule has 0 bridgehead atoms. The highest BCUT2D eigenvalue weighted by molar-refractivity contribution is 7.85. The Morgan fingerprint density at radius 3 is 2.30 bits per heavy atom. The van der Waals surface area contributed by atoms with E-state index in [4.69, 9.17) is 9.47 Å². The number of rotatable bonds is 6. The minimum absolute atomic E-state index is 0.576. The Labute approximate surface area is 122 Å². The van der Waals surface area contributed by atoms with Crippen molar-refractivity contribution >= 4 is 10.8 Å². The van der Waals surface area contributed by atoms with Gasteiger partial charge < -0.3 is 9.47 Å². The fraction of sp³-hybridized carbons (Fsp3) is 0.250. The standard InChI is InChI=1S/C16H18O3S/c1-18-14-9-7-13(8-10-14)11-12-20(17)16-6-4-3-5-15(16)19-2/h3-10H,11-12H2,1-2H3. The molecule has 0 saturated carbocycles. The topological polar surface area (TPSA) is 35.5 Å². The average molecular weight is 290 g/mol. The SMILES string of the molecule is COc1ccc(CCS(=O)c2ccccc2OC)cc1. The number of hydrogen-bond acceptors (Lipinski definition) is 3. The van der Waals surface area contributed by atoms with Gasteiger partial charge in [-0.05, 0) is 36.2 Å². The van der Waals surface area contributed by atoms with Gasteiger partial charge in [0.25, 0.3) is 0 Å². The molecule has 2 aromatic rings. The van der Waals surface area contributed by atoms with Crippen molar-refractivity contribution in [1.82, 2.24) is 0 Å². The second-order valence-corrected chi connectivity index (χ2v) is 5.84. The Morgan fingerprint density at radius 1 is 0.950 bits per heavy atom. The van der Waals surface area contributed by atoms with Crippen LogP contribution in [0.3, 0.4) is 0 Å². The lowest BCUT2D eigenvalue weighted by Crippen LogP contribution is -2.03. The zero-order valence-electron chi connectivity index (χ0n) is 11.7. The molecule has 0 amide bonds. The third-order valence-electron chi connectivity index (χ3n) is 3.05. The number of benzene rings is 2. The van der Waals surface area contributed by atoms with Crippen LogP contribution in [0.4, 0.5) is 0 Å². The van der Waals surface area contributed by atoms with Gasteiger partial charge in [0, 0.05) is 5.75 Å². The normalized spacial score (nSPS) is 11.9. The summed E-state index contributed by atoms with van der Waals surface area (Å²) < 4.78 is 22.7. The molecule has 0 N–H and O–H groups in total. The van der Waals surface area contributed by atoms with E-state index >= 15 is 0 Å². The number of hydrogen-bond donors (Lipinski definition) is 0. The monoisotopic (exact) mass is 290 g/mol. The number of para-hydroxylation sites is 1. The molecule has 0 radical (unpaired) electrons. The number of methoxy groups -OCH3 is 2. The fourth-order valence-corrected chi connectivity index (χ4v) is 3.17. The van der Waals surface area contributed by atoms with Crippen LogP contribution in [0.2, 0.25) is 0 Å². The van der Waals surface area contributed by atoms with E-state index in [-0.39, 0.29) is 0 Å². The molecule has 0 saturated heterocycles. The smallest absolute Gasteiger partial charge is 0.134 e. The largest absolute Gasteiger partial charge is 0.497 e. The second kappa shape index (κ2) is 7.10. The first-order chi connectivity index (χ1) is 9.74. The predicted molar refractivity (Wildman–Crippen MR) is 81.0 cm³/mol. The quantitative estimate of drug-likeness (QED) is 0.820. The molecule has 1 atom stereocenters. The lowest BCUT2D eigenvalue weighted by atomic mass is 10.2. The minimum atomic E-state index is -1.06. The lowest BCUT2D eigenvalue weighted by Gasteiger charge is -2.08. The summed E-state index contributed by atoms with van der Waals surface area (Å²) in [4.78, 5) is 0.753. The summed E-state index contributed by atoms with van der Waals surface area (Å²) in [6.45, 7) is 0. The van der Waals surface area contributed by atoms with Gasteiger partial charge in [-0.2, -0.15) is 0 Å². The highest BCUT2D eigenvalue weighted by Gasteiger charge is 2.09. The lowest BCUT2D eigenvalue weighted by molar-refractivity contribution is 0.404. The number of aryl methyl sites for hydroxylation is 1. The van der Waals surface area contributed by atoms with Gasteiger partial charge in [0.15, 0.2) is 0 Å². The molecule has 2 aromatic carbocycles. The molecule has 0 heterocycles. The Hall–Kier alpha value is -1.81. The summed E-state index contributed by atoms with van der Waals surface area (Å²) in [5.41, 5.74) is 1.15. The van der Waals surface area contributed by atoms with Gasteiger partial charge in [-0.15, -0.1) is 0 Å². The maximum atomic E-state index is 12.3. The number of ether oxygens (including phenoxy) is 2. The Bertz CT molecular complexity index is 579. The average Bonchev–Trinajstić information content (AvgIpc) is 2.53. The molecule has 0 aliphatic carbocycles. The molecule has 4 heteroatoms. The van der Waals surface area contributed by atoms with Crippen LogP contribution in [0, 0.1) is 0 Å². The third kappa shape index (κ3) is 3.61. The highest BCUT2D eigenvalue weighted by atomic mass is 32.2. The summed E-state index contributed by atoms with van der Waals surface area (Å²) >= 11 is 0. The molecular weight excluding hydrogens is 272 g/mol. The van der Waals surface area contributed by atoms with Crippen molar-refractivity contribution in [2.24, 2.45) is 0 Å². The van der Waals surface area contributed by atoms with Crippen molar-refractivity contribution in [3.8, 4) is 11.5 Å². The van der Waals surface area contributed by atoms with Crippen LogP contribution in [0.15, 0.2) is 53.4 Å². The zero-order chi connectivity index (χ0) is 14.4. The van der Waals surface area contributed by atoms with Crippen molar-refractivity contribution < 1.29 is 13.7 Å². The van der Waals surface area contributed by atoms with E-state index < -0.39 is 10.8 Å². The van der Waals surface area contributed by atoms with Crippen molar-refractivity contribution in [1.29, 1.82) is 0 Å². The van der Waals surface area contributed by atoms with E-state index in [2.05, 4.69) is 0 Å². The van der Waals surface area contributed by atoms with E-state index in [1.54, 1.807) is 14.2 Å². The van der Waals surface area contributed by atoms with Gasteiger partial charge in [-0.3, -0.25) is 4.21 Å². The van der Waals surface area contributed by atoms with Crippen LogP contribution >= 0.6 is 0 Å². The van der Waals surface area contributed by atoms with Crippen LogP contribution in [0.5, 0.6) is 11.5 Å². The van der Waals surface area contributed by atoms with Crippen LogP contribution in [0.25, 0.3) is 0 Å². The predicted octanol–water partition coefficient (Wildman–Crippen LogP) is 3.05. The molecule has 0 aliphatic rings. The fourth-order valence-electron chi connectivity index (χ4n) is 1.92. The van der Waals surface area contributed by atoms with Gasteiger partial charge in [-0.25, -0.2) is 0 Å². The van der Waals surface area contributed by atoms with Gasteiger partial charge in [0.1, 0.15) is 11.5 Å². The van der Waals surface area contributed by atoms with E-state index in [9.17, 15) is 4.21 Å². The molecule has 0 aromatic heterocycles. The molecule has 1 unspecified atom stereocenters. The van der Waals surface area contributed by atoms with E-state index in [0.717, 1.165) is 22.6 Å². The first-order valence-corrected chi connectivity index (χ1v) is 7.71. The van der Waals surface area contributed by atoms with Crippen molar-refractivity contribution in [2.45, 2.75) is 11.3 Å². The summed E-state index contributed by atoms with van der Waals surface area (Å²) in [6.07, 6.45) is 0.759. The summed E-state index contributed by atoms with van der Waals surface area (Å²) in [5, 5.41) is 0. The molecule has 0 aliphatic heterocycles. The van der Waals surface area contributed by atoms with Crippen LogP contribution in [-0.2, 0) is 17.2 Å². The Morgan fingerprint density at radius 2 is 1.65 bits per heavy atom. The summed E-state index contributed by atoms with van der Waals surface area (Å²) in [6, 6.07) is 15.3. The van der Waals surface area contributed by atoms with Gasteiger partial charge in [0.05, 0.1) is 29.9 Å². The van der Waals surface area contributed by atoms with E-state index in [0.29, 0.717) is 11.5 Å². The van der Waals surface area contributed by atoms with Crippen molar-refractivity contribution in [3.05, 3.63) is 54.1 Å². The summed E-state index contributed by atoms with van der Waals surface area (Å²) in [7, 11) is 2.18. The molecule has 20 heavy (non-hydrogen) atoms. The second-order valence-electron chi connectivity index (χ2n) is 4.30. The maximum Gasteiger partial charge on any atom is 0.134 e. The molecule has 106 valence electrons. The minimum Gasteiger partial charge on any atom is -0.497 e. The van der Waals surface area contributed by atoms with Gasteiger partial charge in [0.2, 0.25) is 0 Å². The highest BCUT2D eigenvalue weighted by Crippen LogP contribution is 2.22. The van der Waals surface area contributed by atoms with Crippen molar-refractivity contribution in [3.63, 3.8) is 0 Å². The summed E-state index contributed by atoms with van der Waals surface area (Å²) in [5.74, 6) is 2.09. The first-order valence-electron chi connectivity index (χ1n) is 6.39. The molecule has 3 nitrogen and oxygen atoms in total. The van der Waals surface area contributed by atoms with Crippen LogP contribution in [-0.4, -0.2) is 24.2 Å². The van der Waals surface area contributed by atoms with E-state index in [1.807, 2.05) is 48.5 Å². The van der Waals surface area contributed by atoms with Crippen LogP contribution in [0.1, 0.15) is 5.56 Å². The zero-order valence-corrected chi connectivity index (χ0v) is 12.5. The maximum absolute atomic E-state index is 12.3. The first kappa shape index (κ1) is 14.6. The van der Waals surface area contributed by atoms with Gasteiger partial charge >= 0.3 is 0 Å². The Kier molecular flexibility index (Phi) is 5.18. The van der Waals surface area contributed by atoms with Crippen molar-refractivity contribution in [2.75, 3.05) is 20.0 Å². The van der Waals surface area contributed by atoms with E-state index in [1.165, 1.54) is 0 Å². The van der Waals surface area contributed by atoms with Gasteiger partial charge in [-0.1, -0.05) is 24.3 Å². The Balaban J connectivity index is 2.01. The third-order valence-corrected chi connectivity index (χ3v) is 4.45. The molecular formula is C16H18O3S.